The number of aromatic nitrogens is 1. The minimum atomic E-state index is 0.0816. The van der Waals surface area contributed by atoms with E-state index in [2.05, 4.69) is 4.98 Å². The Morgan fingerprint density at radius 3 is 2.81 bits per heavy atom. The van der Waals surface area contributed by atoms with Gasteiger partial charge >= 0.3 is 0 Å². The fraction of sp³-hybridized carbons (Fsp3) is 0. The van der Waals surface area contributed by atoms with Crippen LogP contribution in [0.1, 0.15) is 5.56 Å². The number of benzene rings is 1. The van der Waals surface area contributed by atoms with Crippen LogP contribution < -0.4 is 4.74 Å². The molecule has 2 aromatic rings. The van der Waals surface area contributed by atoms with Crippen LogP contribution in [0.4, 0.5) is 0 Å². The van der Waals surface area contributed by atoms with Crippen LogP contribution in [0.2, 0.25) is 0 Å². The van der Waals surface area contributed by atoms with Crippen LogP contribution in [0, 0.1) is 11.3 Å². The van der Waals surface area contributed by atoms with Gasteiger partial charge in [0, 0.05) is 6.07 Å². The van der Waals surface area contributed by atoms with Gasteiger partial charge in [0.05, 0.1) is 17.8 Å². The molecule has 0 amide bonds. The molecule has 0 saturated carbocycles. The fourth-order valence-electron chi connectivity index (χ4n) is 1.18. The molecule has 0 saturated heterocycles. The average molecular weight is 212 g/mol. The van der Waals surface area contributed by atoms with Gasteiger partial charge in [-0.05, 0) is 24.3 Å². The second-order valence-corrected chi connectivity index (χ2v) is 3.10. The van der Waals surface area contributed by atoms with Gasteiger partial charge in [0.1, 0.15) is 11.5 Å². The van der Waals surface area contributed by atoms with E-state index < -0.39 is 0 Å². The molecule has 1 aromatic carbocycles. The Labute approximate surface area is 92.4 Å². The van der Waals surface area contributed by atoms with Crippen molar-refractivity contribution in [2.24, 2.45) is 0 Å². The van der Waals surface area contributed by atoms with E-state index >= 15 is 0 Å². The zero-order valence-electron chi connectivity index (χ0n) is 8.29. The molecule has 1 aromatic heterocycles. The van der Waals surface area contributed by atoms with E-state index in [0.29, 0.717) is 17.2 Å². The summed E-state index contributed by atoms with van der Waals surface area (Å²) in [6.07, 6.45) is 1.30. The van der Waals surface area contributed by atoms with E-state index in [4.69, 9.17) is 15.1 Å². The maximum atomic E-state index is 9.04. The second kappa shape index (κ2) is 4.32. The molecule has 0 spiro atoms. The van der Waals surface area contributed by atoms with E-state index in [1.165, 1.54) is 12.3 Å². The van der Waals surface area contributed by atoms with Crippen molar-refractivity contribution in [2.75, 3.05) is 0 Å². The van der Waals surface area contributed by atoms with Crippen LogP contribution in [0.3, 0.4) is 0 Å². The van der Waals surface area contributed by atoms with Crippen LogP contribution in [0.5, 0.6) is 17.4 Å². The highest BCUT2D eigenvalue weighted by atomic mass is 16.5. The molecule has 4 nitrogen and oxygen atoms in total. The van der Waals surface area contributed by atoms with E-state index in [1.807, 2.05) is 6.07 Å². The predicted octanol–water partition coefficient (Wildman–Crippen LogP) is 2.45. The van der Waals surface area contributed by atoms with Crippen molar-refractivity contribution in [1.29, 1.82) is 5.26 Å². The summed E-state index contributed by atoms with van der Waals surface area (Å²) in [6.45, 7) is 0. The molecule has 1 heterocycles. The molecule has 0 atom stereocenters. The van der Waals surface area contributed by atoms with Crippen molar-refractivity contribution in [3.8, 4) is 23.4 Å². The van der Waals surface area contributed by atoms with Crippen molar-refractivity contribution in [3.05, 3.63) is 48.2 Å². The summed E-state index contributed by atoms with van der Waals surface area (Å²) >= 11 is 0. The van der Waals surface area contributed by atoms with Gasteiger partial charge in [0.2, 0.25) is 5.88 Å². The zero-order chi connectivity index (χ0) is 11.4. The van der Waals surface area contributed by atoms with Crippen molar-refractivity contribution in [1.82, 2.24) is 4.98 Å². The first kappa shape index (κ1) is 9.99. The molecule has 16 heavy (non-hydrogen) atoms. The van der Waals surface area contributed by atoms with Crippen molar-refractivity contribution < 1.29 is 9.84 Å². The SMILES string of the molecule is N#Cc1cccc(Oc2ccc(O)cn2)c1. The van der Waals surface area contributed by atoms with Gasteiger partial charge in [-0.2, -0.15) is 5.26 Å². The maximum absolute atomic E-state index is 9.04. The van der Waals surface area contributed by atoms with E-state index in [-0.39, 0.29) is 5.75 Å². The number of pyridine rings is 1. The summed E-state index contributed by atoms with van der Waals surface area (Å²) < 4.78 is 5.40. The maximum Gasteiger partial charge on any atom is 0.219 e. The molecule has 0 aliphatic rings. The van der Waals surface area contributed by atoms with Gasteiger partial charge in [0.15, 0.2) is 0 Å². The minimum Gasteiger partial charge on any atom is -0.506 e. The number of ether oxygens (including phenoxy) is 1. The number of hydrogen-bond acceptors (Lipinski definition) is 4. The molecule has 0 unspecified atom stereocenters. The average Bonchev–Trinajstić information content (AvgIpc) is 2.32. The smallest absolute Gasteiger partial charge is 0.219 e. The summed E-state index contributed by atoms with van der Waals surface area (Å²) in [4.78, 5) is 3.87. The molecular formula is C12H8N2O2. The predicted molar refractivity (Wildman–Crippen MR) is 57.1 cm³/mol. The van der Waals surface area contributed by atoms with Crippen molar-refractivity contribution >= 4 is 0 Å². The fourth-order valence-corrected chi connectivity index (χ4v) is 1.18. The Morgan fingerprint density at radius 1 is 1.25 bits per heavy atom. The largest absolute Gasteiger partial charge is 0.506 e. The van der Waals surface area contributed by atoms with Gasteiger partial charge in [-0.3, -0.25) is 0 Å². The van der Waals surface area contributed by atoms with Crippen LogP contribution >= 0.6 is 0 Å². The first-order chi connectivity index (χ1) is 7.78. The van der Waals surface area contributed by atoms with Gasteiger partial charge in [-0.1, -0.05) is 6.07 Å². The lowest BCUT2D eigenvalue weighted by Gasteiger charge is -2.04. The third kappa shape index (κ3) is 2.28. The first-order valence-electron chi connectivity index (χ1n) is 4.61. The Hall–Kier alpha value is -2.54. The Kier molecular flexibility index (Phi) is 2.70. The van der Waals surface area contributed by atoms with Crippen molar-refractivity contribution in [3.63, 3.8) is 0 Å². The number of hydrogen-bond donors (Lipinski definition) is 1. The molecule has 0 radical (unpaired) electrons. The van der Waals surface area contributed by atoms with Crippen LogP contribution in [0.25, 0.3) is 0 Å². The topological polar surface area (TPSA) is 66.1 Å². The van der Waals surface area contributed by atoms with Crippen LogP contribution in [0.15, 0.2) is 42.6 Å². The van der Waals surface area contributed by atoms with E-state index in [1.54, 1.807) is 30.3 Å². The van der Waals surface area contributed by atoms with Gasteiger partial charge in [0.25, 0.3) is 0 Å². The van der Waals surface area contributed by atoms with Gasteiger partial charge < -0.3 is 9.84 Å². The number of nitriles is 1. The number of nitrogens with zero attached hydrogens (tertiary/aromatic N) is 2. The van der Waals surface area contributed by atoms with Crippen molar-refractivity contribution in [2.45, 2.75) is 0 Å². The summed E-state index contributed by atoms with van der Waals surface area (Å²) in [6, 6.07) is 11.8. The van der Waals surface area contributed by atoms with Gasteiger partial charge in [-0.25, -0.2) is 4.98 Å². The molecule has 4 heteroatoms. The molecule has 0 fully saturated rings. The number of aromatic hydroxyl groups is 1. The highest BCUT2D eigenvalue weighted by Gasteiger charge is 1.99. The minimum absolute atomic E-state index is 0.0816. The monoisotopic (exact) mass is 212 g/mol. The molecule has 0 bridgehead atoms. The molecule has 2 rings (SSSR count). The van der Waals surface area contributed by atoms with Gasteiger partial charge in [-0.15, -0.1) is 0 Å². The lowest BCUT2D eigenvalue weighted by atomic mass is 10.2. The van der Waals surface area contributed by atoms with Crippen LogP contribution in [-0.4, -0.2) is 10.1 Å². The summed E-state index contributed by atoms with van der Waals surface area (Å²) in [5.74, 6) is 0.989. The Bertz CT molecular complexity index is 529. The standard InChI is InChI=1S/C12H8N2O2/c13-7-9-2-1-3-11(6-9)16-12-5-4-10(15)8-14-12/h1-6,8,15H. The highest BCUT2D eigenvalue weighted by molar-refractivity contribution is 5.38. The lowest BCUT2D eigenvalue weighted by molar-refractivity contribution is 0.447. The Balaban J connectivity index is 2.21. The summed E-state index contributed by atoms with van der Waals surface area (Å²) in [7, 11) is 0. The Morgan fingerprint density at radius 2 is 2.12 bits per heavy atom. The van der Waals surface area contributed by atoms with E-state index in [9.17, 15) is 0 Å². The zero-order valence-corrected chi connectivity index (χ0v) is 8.29. The first-order valence-corrected chi connectivity index (χ1v) is 4.61. The summed E-state index contributed by atoms with van der Waals surface area (Å²) in [5.41, 5.74) is 0.524. The van der Waals surface area contributed by atoms with Crippen LogP contribution in [-0.2, 0) is 0 Å². The lowest BCUT2D eigenvalue weighted by Crippen LogP contribution is -1.87. The third-order valence-electron chi connectivity index (χ3n) is 1.91. The van der Waals surface area contributed by atoms with E-state index in [0.717, 1.165) is 0 Å². The molecule has 0 aliphatic heterocycles. The molecular weight excluding hydrogens is 204 g/mol. The molecule has 78 valence electrons. The molecule has 1 N–H and O–H groups in total. The normalized spacial score (nSPS) is 9.44. The quantitative estimate of drug-likeness (QED) is 0.830. The highest BCUT2D eigenvalue weighted by Crippen LogP contribution is 2.21. The molecule has 0 aliphatic carbocycles. The summed E-state index contributed by atoms with van der Waals surface area (Å²) in [5, 5.41) is 17.8. The second-order valence-electron chi connectivity index (χ2n) is 3.10. The number of rotatable bonds is 2. The third-order valence-corrected chi connectivity index (χ3v) is 1.91.